The lowest BCUT2D eigenvalue weighted by molar-refractivity contribution is -0.142. The van der Waals surface area contributed by atoms with E-state index in [0.29, 0.717) is 17.7 Å². The number of hydrogen-bond donors (Lipinski definition) is 2. The van der Waals surface area contributed by atoms with Crippen molar-refractivity contribution in [3.05, 3.63) is 29.8 Å². The van der Waals surface area contributed by atoms with Gasteiger partial charge >= 0.3 is 5.97 Å². The molecule has 1 aromatic rings. The second-order valence-electron chi connectivity index (χ2n) is 4.59. The Morgan fingerprint density at radius 2 is 1.86 bits per heavy atom. The topological polar surface area (TPSA) is 84.5 Å². The molecule has 0 unspecified atom stereocenters. The minimum absolute atomic E-state index is 0.181. The van der Waals surface area contributed by atoms with Crippen molar-refractivity contribution in [3.8, 4) is 0 Å². The molecule has 0 saturated heterocycles. The highest BCUT2D eigenvalue weighted by Gasteiger charge is 2.21. The molecule has 7 heteroatoms. The molecule has 0 bridgehead atoms. The van der Waals surface area contributed by atoms with Gasteiger partial charge in [-0.2, -0.15) is 11.8 Å². The lowest BCUT2D eigenvalue weighted by Crippen LogP contribution is -2.41. The lowest BCUT2D eigenvalue weighted by Gasteiger charge is -2.16. The van der Waals surface area contributed by atoms with Gasteiger partial charge in [-0.25, -0.2) is 4.79 Å². The van der Waals surface area contributed by atoms with Gasteiger partial charge in [-0.1, -0.05) is 0 Å². The lowest BCUT2D eigenvalue weighted by atomic mass is 10.1. The molecule has 6 nitrogen and oxygen atoms in total. The molecule has 1 aromatic carbocycles. The van der Waals surface area contributed by atoms with Crippen LogP contribution in [-0.4, -0.2) is 42.9 Å². The zero-order valence-electron chi connectivity index (χ0n) is 12.8. The normalized spacial score (nSPS) is 11.4. The molecule has 0 saturated carbocycles. The maximum atomic E-state index is 12.2. The largest absolute Gasteiger partial charge is 0.467 e. The van der Waals surface area contributed by atoms with E-state index in [1.807, 2.05) is 6.26 Å². The van der Waals surface area contributed by atoms with E-state index in [0.717, 1.165) is 5.75 Å². The van der Waals surface area contributed by atoms with Gasteiger partial charge in [0, 0.05) is 18.2 Å². The summed E-state index contributed by atoms with van der Waals surface area (Å²) in [6.07, 6.45) is 2.43. The Kier molecular flexibility index (Phi) is 7.45. The van der Waals surface area contributed by atoms with Crippen molar-refractivity contribution in [2.45, 2.75) is 19.4 Å². The van der Waals surface area contributed by atoms with Gasteiger partial charge in [-0.15, -0.1) is 0 Å². The molecule has 1 atom stereocenters. The Labute approximate surface area is 134 Å². The van der Waals surface area contributed by atoms with E-state index in [4.69, 9.17) is 4.74 Å². The first kappa shape index (κ1) is 18.0. The van der Waals surface area contributed by atoms with Crippen LogP contribution < -0.4 is 10.6 Å². The Balaban J connectivity index is 2.72. The summed E-state index contributed by atoms with van der Waals surface area (Å²) in [6.45, 7) is 1.41. The molecule has 2 amide bonds. The number of rotatable bonds is 7. The molecule has 0 aromatic heterocycles. The van der Waals surface area contributed by atoms with Crippen LogP contribution in [0.5, 0.6) is 0 Å². The van der Waals surface area contributed by atoms with Gasteiger partial charge in [0.05, 0.1) is 7.11 Å². The van der Waals surface area contributed by atoms with Crippen LogP contribution in [0.4, 0.5) is 5.69 Å². The number of ether oxygens (including phenoxy) is 1. The quantitative estimate of drug-likeness (QED) is 0.745. The average Bonchev–Trinajstić information content (AvgIpc) is 2.50. The minimum Gasteiger partial charge on any atom is -0.467 e. The monoisotopic (exact) mass is 324 g/mol. The van der Waals surface area contributed by atoms with Crippen LogP contribution in [-0.2, 0) is 14.3 Å². The highest BCUT2D eigenvalue weighted by Crippen LogP contribution is 2.10. The Morgan fingerprint density at radius 3 is 2.36 bits per heavy atom. The average molecular weight is 324 g/mol. The van der Waals surface area contributed by atoms with Crippen molar-refractivity contribution in [1.29, 1.82) is 0 Å². The Bertz CT molecular complexity index is 531. The summed E-state index contributed by atoms with van der Waals surface area (Å²) in [7, 11) is 1.29. The van der Waals surface area contributed by atoms with Crippen LogP contribution in [0.1, 0.15) is 23.7 Å². The van der Waals surface area contributed by atoms with Crippen LogP contribution in [0.3, 0.4) is 0 Å². The first-order chi connectivity index (χ1) is 10.5. The smallest absolute Gasteiger partial charge is 0.328 e. The summed E-state index contributed by atoms with van der Waals surface area (Å²) in [5.74, 6) is -0.259. The maximum absolute atomic E-state index is 12.2. The molecule has 120 valence electrons. The summed E-state index contributed by atoms with van der Waals surface area (Å²) in [4.78, 5) is 34.8. The number of carbonyl (C=O) groups is 3. The number of benzene rings is 1. The number of thioether (sulfide) groups is 1. The first-order valence-electron chi connectivity index (χ1n) is 6.73. The number of esters is 1. The molecular weight excluding hydrogens is 304 g/mol. The predicted octanol–water partition coefficient (Wildman–Crippen LogP) is 1.67. The maximum Gasteiger partial charge on any atom is 0.328 e. The molecule has 2 N–H and O–H groups in total. The van der Waals surface area contributed by atoms with Crippen molar-refractivity contribution in [2.24, 2.45) is 0 Å². The van der Waals surface area contributed by atoms with E-state index in [1.165, 1.54) is 14.0 Å². The fourth-order valence-electron chi connectivity index (χ4n) is 1.78. The number of nitrogens with one attached hydrogen (secondary N) is 2. The Hall–Kier alpha value is -2.02. The van der Waals surface area contributed by atoms with Crippen molar-refractivity contribution in [3.63, 3.8) is 0 Å². The number of anilines is 1. The standard InChI is InChI=1S/C15H20N2O4S/c1-10(18)16-12-6-4-11(5-7-12)14(19)17-13(8-9-22-3)15(20)21-2/h4-7,13H,8-9H2,1-3H3,(H,16,18)(H,17,19)/t13-/m1/s1. The van der Waals surface area contributed by atoms with Crippen LogP contribution >= 0.6 is 11.8 Å². The summed E-state index contributed by atoms with van der Waals surface area (Å²) in [5, 5.41) is 5.28. The zero-order chi connectivity index (χ0) is 16.5. The third kappa shape index (κ3) is 5.77. The second-order valence-corrected chi connectivity index (χ2v) is 5.57. The van der Waals surface area contributed by atoms with Gasteiger partial charge in [-0.05, 0) is 42.7 Å². The highest BCUT2D eigenvalue weighted by molar-refractivity contribution is 7.98. The Morgan fingerprint density at radius 1 is 1.23 bits per heavy atom. The highest BCUT2D eigenvalue weighted by atomic mass is 32.2. The summed E-state index contributed by atoms with van der Waals surface area (Å²) in [5.41, 5.74) is 1.02. The molecule has 1 rings (SSSR count). The molecule has 0 spiro atoms. The van der Waals surface area contributed by atoms with Gasteiger partial charge < -0.3 is 15.4 Å². The van der Waals surface area contributed by atoms with Gasteiger partial charge in [0.25, 0.3) is 5.91 Å². The van der Waals surface area contributed by atoms with Gasteiger partial charge in [-0.3, -0.25) is 9.59 Å². The second kappa shape index (κ2) is 9.09. The van der Waals surface area contributed by atoms with Crippen LogP contribution in [0.15, 0.2) is 24.3 Å². The molecular formula is C15H20N2O4S. The molecule has 0 aliphatic heterocycles. The minimum atomic E-state index is -0.667. The van der Waals surface area contributed by atoms with Crippen molar-refractivity contribution >= 4 is 35.2 Å². The van der Waals surface area contributed by atoms with E-state index < -0.39 is 12.0 Å². The first-order valence-corrected chi connectivity index (χ1v) is 8.12. The number of amides is 2. The van der Waals surface area contributed by atoms with Crippen molar-refractivity contribution < 1.29 is 19.1 Å². The molecule has 22 heavy (non-hydrogen) atoms. The number of carbonyl (C=O) groups excluding carboxylic acids is 3. The van der Waals surface area contributed by atoms with Gasteiger partial charge in [0.1, 0.15) is 6.04 Å². The van der Waals surface area contributed by atoms with Crippen LogP contribution in [0.25, 0.3) is 0 Å². The van der Waals surface area contributed by atoms with Crippen LogP contribution in [0.2, 0.25) is 0 Å². The fourth-order valence-corrected chi connectivity index (χ4v) is 2.25. The SMILES string of the molecule is COC(=O)[C@@H](CCSC)NC(=O)c1ccc(NC(C)=O)cc1. The van der Waals surface area contributed by atoms with Crippen molar-refractivity contribution in [2.75, 3.05) is 24.4 Å². The molecule has 0 heterocycles. The van der Waals surface area contributed by atoms with Crippen molar-refractivity contribution in [1.82, 2.24) is 5.32 Å². The zero-order valence-corrected chi connectivity index (χ0v) is 13.7. The summed E-state index contributed by atoms with van der Waals surface area (Å²) in [6, 6.07) is 5.77. The van der Waals surface area contributed by atoms with Gasteiger partial charge in [0.2, 0.25) is 5.91 Å². The van der Waals surface area contributed by atoms with E-state index in [2.05, 4.69) is 10.6 Å². The van der Waals surface area contributed by atoms with E-state index in [9.17, 15) is 14.4 Å². The van der Waals surface area contributed by atoms with E-state index >= 15 is 0 Å². The molecule has 0 fully saturated rings. The third-order valence-corrected chi connectivity index (χ3v) is 3.51. The number of methoxy groups -OCH3 is 1. The molecule has 0 aliphatic carbocycles. The summed E-state index contributed by atoms with van der Waals surface area (Å²) >= 11 is 1.59. The van der Waals surface area contributed by atoms with E-state index in [1.54, 1.807) is 36.0 Å². The summed E-state index contributed by atoms with van der Waals surface area (Å²) < 4.78 is 4.70. The number of hydrogen-bond acceptors (Lipinski definition) is 5. The van der Waals surface area contributed by atoms with E-state index in [-0.39, 0.29) is 11.8 Å². The van der Waals surface area contributed by atoms with Crippen LogP contribution in [0, 0.1) is 0 Å². The predicted molar refractivity (Wildman–Crippen MR) is 87.0 cm³/mol. The fraction of sp³-hybridized carbons (Fsp3) is 0.400. The molecule has 0 aliphatic rings. The third-order valence-electron chi connectivity index (χ3n) is 2.87. The molecule has 0 radical (unpaired) electrons. The van der Waals surface area contributed by atoms with Gasteiger partial charge in [0.15, 0.2) is 0 Å².